The molecule has 5 nitrogen and oxygen atoms in total. The number of fused-ring (bicyclic) bond motifs is 1. The van der Waals surface area contributed by atoms with Gasteiger partial charge >= 0.3 is 5.97 Å². The van der Waals surface area contributed by atoms with E-state index in [1.165, 1.54) is 0 Å². The summed E-state index contributed by atoms with van der Waals surface area (Å²) in [5.74, 6) is -0.0940. The number of ether oxygens (including phenoxy) is 2. The van der Waals surface area contributed by atoms with Crippen molar-refractivity contribution in [2.24, 2.45) is 0 Å². The summed E-state index contributed by atoms with van der Waals surface area (Å²) in [7, 11) is 0. The summed E-state index contributed by atoms with van der Waals surface area (Å²) in [6.45, 7) is 3.78. The average Bonchev–Trinajstić information content (AvgIpc) is 2.72. The Kier molecular flexibility index (Phi) is 6.85. The molecule has 1 N–H and O–H groups in total. The number of hydrogen-bond acceptors (Lipinski definition) is 4. The maximum Gasteiger partial charge on any atom is 0.309 e. The van der Waals surface area contributed by atoms with Crippen LogP contribution in [0.1, 0.15) is 30.5 Å². The first-order valence-electron chi connectivity index (χ1n) is 9.65. The summed E-state index contributed by atoms with van der Waals surface area (Å²) in [4.78, 5) is 24.0. The number of benzene rings is 3. The highest BCUT2D eigenvalue weighted by atomic mass is 16.5. The van der Waals surface area contributed by atoms with Crippen molar-refractivity contribution in [3.05, 3.63) is 77.9 Å². The number of esters is 1. The fraction of sp³-hybridized carbons (Fsp3) is 0.250. The van der Waals surface area contributed by atoms with Crippen molar-refractivity contribution in [1.82, 2.24) is 5.32 Å². The highest BCUT2D eigenvalue weighted by Gasteiger charge is 2.14. The van der Waals surface area contributed by atoms with Crippen molar-refractivity contribution in [1.29, 1.82) is 0 Å². The van der Waals surface area contributed by atoms with E-state index in [4.69, 9.17) is 9.47 Å². The Morgan fingerprint density at radius 1 is 1.00 bits per heavy atom. The standard InChI is InChI=1S/C24H25NO4/c1-17-7-5-10-20(15-17)28-14-13-24(27)29-16-23(26)25-18(2)21-12-6-9-19-8-3-4-11-22(19)21/h3-12,15,18H,13-14,16H2,1-2H3,(H,25,26)/t18-/m0/s1. The van der Waals surface area contributed by atoms with Crippen LogP contribution in [0.4, 0.5) is 0 Å². The molecule has 1 atom stereocenters. The van der Waals surface area contributed by atoms with E-state index < -0.39 is 5.97 Å². The van der Waals surface area contributed by atoms with Crippen molar-refractivity contribution in [2.75, 3.05) is 13.2 Å². The molecule has 0 aliphatic rings. The first kappa shape index (κ1) is 20.4. The number of carbonyl (C=O) groups is 2. The van der Waals surface area contributed by atoms with E-state index in [0.29, 0.717) is 5.75 Å². The summed E-state index contributed by atoms with van der Waals surface area (Å²) >= 11 is 0. The van der Waals surface area contributed by atoms with Crippen molar-refractivity contribution in [3.63, 3.8) is 0 Å². The van der Waals surface area contributed by atoms with Crippen LogP contribution < -0.4 is 10.1 Å². The highest BCUT2D eigenvalue weighted by molar-refractivity contribution is 5.87. The Labute approximate surface area is 170 Å². The third kappa shape index (κ3) is 5.82. The number of hydrogen-bond donors (Lipinski definition) is 1. The molecule has 0 heterocycles. The molecule has 5 heteroatoms. The molecule has 0 aliphatic heterocycles. The molecule has 0 spiro atoms. The van der Waals surface area contributed by atoms with E-state index in [2.05, 4.69) is 5.32 Å². The average molecular weight is 391 g/mol. The van der Waals surface area contributed by atoms with Crippen LogP contribution in [0.3, 0.4) is 0 Å². The van der Waals surface area contributed by atoms with Gasteiger partial charge < -0.3 is 14.8 Å². The lowest BCUT2D eigenvalue weighted by Gasteiger charge is -2.16. The van der Waals surface area contributed by atoms with Gasteiger partial charge in [-0.25, -0.2) is 0 Å². The second kappa shape index (κ2) is 9.73. The van der Waals surface area contributed by atoms with Gasteiger partial charge in [0.1, 0.15) is 5.75 Å². The molecule has 0 bridgehead atoms. The van der Waals surface area contributed by atoms with Crippen molar-refractivity contribution in [3.8, 4) is 5.75 Å². The summed E-state index contributed by atoms with van der Waals surface area (Å²) < 4.78 is 10.6. The molecule has 150 valence electrons. The zero-order chi connectivity index (χ0) is 20.6. The maximum atomic E-state index is 12.2. The van der Waals surface area contributed by atoms with Crippen LogP contribution in [0.5, 0.6) is 5.75 Å². The van der Waals surface area contributed by atoms with Crippen LogP contribution in [0.25, 0.3) is 10.8 Å². The van der Waals surface area contributed by atoms with Gasteiger partial charge in [-0.05, 0) is 47.9 Å². The van der Waals surface area contributed by atoms with Crippen molar-refractivity contribution >= 4 is 22.6 Å². The summed E-state index contributed by atoms with van der Waals surface area (Å²) in [5.41, 5.74) is 2.11. The molecular formula is C24H25NO4. The number of aryl methyl sites for hydroxylation is 1. The first-order chi connectivity index (χ1) is 14.0. The van der Waals surface area contributed by atoms with E-state index >= 15 is 0 Å². The lowest BCUT2D eigenvalue weighted by Crippen LogP contribution is -2.31. The van der Waals surface area contributed by atoms with Crippen molar-refractivity contribution < 1.29 is 19.1 Å². The zero-order valence-electron chi connectivity index (χ0n) is 16.7. The minimum Gasteiger partial charge on any atom is -0.493 e. The van der Waals surface area contributed by atoms with E-state index in [1.807, 2.05) is 80.6 Å². The Morgan fingerprint density at radius 2 is 1.76 bits per heavy atom. The monoisotopic (exact) mass is 391 g/mol. The van der Waals surface area contributed by atoms with Gasteiger partial charge in [0.05, 0.1) is 19.1 Å². The third-order valence-corrected chi connectivity index (χ3v) is 4.60. The Morgan fingerprint density at radius 3 is 2.59 bits per heavy atom. The van der Waals surface area contributed by atoms with Gasteiger partial charge in [-0.1, -0.05) is 54.6 Å². The van der Waals surface area contributed by atoms with Gasteiger partial charge in [-0.3, -0.25) is 9.59 Å². The molecule has 0 unspecified atom stereocenters. The second-order valence-corrected chi connectivity index (χ2v) is 6.93. The topological polar surface area (TPSA) is 64.6 Å². The van der Waals surface area contributed by atoms with Crippen LogP contribution in [0.15, 0.2) is 66.7 Å². The molecule has 1 amide bonds. The van der Waals surface area contributed by atoms with E-state index in [9.17, 15) is 9.59 Å². The van der Waals surface area contributed by atoms with E-state index in [0.717, 1.165) is 21.9 Å². The maximum absolute atomic E-state index is 12.2. The van der Waals surface area contributed by atoms with Gasteiger partial charge in [-0.15, -0.1) is 0 Å². The molecule has 0 aliphatic carbocycles. The summed E-state index contributed by atoms with van der Waals surface area (Å²) in [6.07, 6.45) is 0.0834. The third-order valence-electron chi connectivity index (χ3n) is 4.60. The Hall–Kier alpha value is -3.34. The van der Waals surface area contributed by atoms with Crippen LogP contribution in [-0.4, -0.2) is 25.1 Å². The number of amides is 1. The fourth-order valence-electron chi connectivity index (χ4n) is 3.16. The predicted octanol–water partition coefficient (Wildman–Crippen LogP) is 4.34. The Balaban J connectivity index is 1.43. The van der Waals surface area contributed by atoms with Gasteiger partial charge in [0.25, 0.3) is 5.91 Å². The molecule has 0 radical (unpaired) electrons. The molecule has 0 saturated heterocycles. The SMILES string of the molecule is Cc1cccc(OCCC(=O)OCC(=O)N[C@@H](C)c2cccc3ccccc23)c1. The summed E-state index contributed by atoms with van der Waals surface area (Å²) in [6, 6.07) is 21.4. The number of nitrogens with one attached hydrogen (secondary N) is 1. The number of carbonyl (C=O) groups excluding carboxylic acids is 2. The lowest BCUT2D eigenvalue weighted by molar-refractivity contribution is -0.149. The van der Waals surface area contributed by atoms with Gasteiger partial charge in [0.2, 0.25) is 0 Å². The quantitative estimate of drug-likeness (QED) is 0.580. The molecule has 0 aromatic heterocycles. The van der Waals surface area contributed by atoms with Crippen LogP contribution in [-0.2, 0) is 14.3 Å². The largest absolute Gasteiger partial charge is 0.493 e. The van der Waals surface area contributed by atoms with E-state index in [1.54, 1.807) is 0 Å². The number of rotatable bonds is 8. The van der Waals surface area contributed by atoms with Crippen molar-refractivity contribution in [2.45, 2.75) is 26.3 Å². The van der Waals surface area contributed by atoms with E-state index in [-0.39, 0.29) is 31.6 Å². The Bertz CT molecular complexity index is 994. The summed E-state index contributed by atoms with van der Waals surface area (Å²) in [5, 5.41) is 5.09. The first-order valence-corrected chi connectivity index (χ1v) is 9.65. The normalized spacial score (nSPS) is 11.7. The zero-order valence-corrected chi connectivity index (χ0v) is 16.7. The molecule has 0 saturated carbocycles. The minimum absolute atomic E-state index is 0.0834. The van der Waals surface area contributed by atoms with Gasteiger partial charge in [0.15, 0.2) is 6.61 Å². The smallest absolute Gasteiger partial charge is 0.309 e. The molecule has 3 aromatic carbocycles. The fourth-order valence-corrected chi connectivity index (χ4v) is 3.16. The molecule has 0 fully saturated rings. The molecule has 3 rings (SSSR count). The highest BCUT2D eigenvalue weighted by Crippen LogP contribution is 2.23. The predicted molar refractivity (Wildman–Crippen MR) is 113 cm³/mol. The minimum atomic E-state index is -0.467. The van der Waals surface area contributed by atoms with Crippen LogP contribution >= 0.6 is 0 Å². The van der Waals surface area contributed by atoms with Gasteiger partial charge in [0, 0.05) is 0 Å². The lowest BCUT2D eigenvalue weighted by atomic mass is 10.00. The molecule has 3 aromatic rings. The van der Waals surface area contributed by atoms with Crippen LogP contribution in [0.2, 0.25) is 0 Å². The molecular weight excluding hydrogens is 366 g/mol. The second-order valence-electron chi connectivity index (χ2n) is 6.93. The van der Waals surface area contributed by atoms with Gasteiger partial charge in [-0.2, -0.15) is 0 Å². The molecule has 29 heavy (non-hydrogen) atoms. The van der Waals surface area contributed by atoms with Crippen LogP contribution in [0, 0.1) is 6.92 Å².